The van der Waals surface area contributed by atoms with Crippen molar-refractivity contribution in [2.45, 2.75) is 6.36 Å². The Kier molecular flexibility index (Phi) is 2.84. The summed E-state index contributed by atoms with van der Waals surface area (Å²) in [6.07, 6.45) is -4.22. The standard InChI is InChI=1S/C4H3F3O2/c1-2-3-8-9-4(5,6)7/h3H,1H2. The summed E-state index contributed by atoms with van der Waals surface area (Å²) in [5, 5.41) is 0. The molecule has 0 radical (unpaired) electrons. The third-order valence-electron chi connectivity index (χ3n) is 0.274. The van der Waals surface area contributed by atoms with E-state index in [1.807, 2.05) is 5.73 Å². The van der Waals surface area contributed by atoms with Crippen LogP contribution in [-0.2, 0) is 9.78 Å². The molecule has 0 aliphatic carbocycles. The van der Waals surface area contributed by atoms with Crippen LogP contribution in [0.3, 0.4) is 0 Å². The number of hydrogen-bond acceptors (Lipinski definition) is 2. The van der Waals surface area contributed by atoms with Gasteiger partial charge in [0.05, 0.1) is 0 Å². The van der Waals surface area contributed by atoms with Crippen LogP contribution in [-0.4, -0.2) is 6.36 Å². The predicted molar refractivity (Wildman–Crippen MR) is 21.9 cm³/mol. The molecular weight excluding hydrogens is 137 g/mol. The quantitative estimate of drug-likeness (QED) is 0.252. The second-order valence-electron chi connectivity index (χ2n) is 0.947. The smallest absolute Gasteiger partial charge is 0.329 e. The van der Waals surface area contributed by atoms with Crippen molar-refractivity contribution in [1.29, 1.82) is 0 Å². The molecule has 0 bridgehead atoms. The third-order valence-corrected chi connectivity index (χ3v) is 0.274. The highest BCUT2D eigenvalue weighted by Crippen LogP contribution is 2.15. The van der Waals surface area contributed by atoms with Crippen LogP contribution in [0.5, 0.6) is 0 Å². The number of halogens is 3. The summed E-state index contributed by atoms with van der Waals surface area (Å²) in [6, 6.07) is 0. The molecular formula is C4H3F3O2. The second kappa shape index (κ2) is 3.17. The normalized spacial score (nSPS) is 10.1. The fraction of sp³-hybridized carbons (Fsp3) is 0.250. The molecule has 0 amide bonds. The maximum Gasteiger partial charge on any atom is 0.558 e. The topological polar surface area (TPSA) is 18.5 Å². The van der Waals surface area contributed by atoms with E-state index in [-0.39, 0.29) is 0 Å². The summed E-state index contributed by atoms with van der Waals surface area (Å²) in [5.41, 5.74) is 1.92. The van der Waals surface area contributed by atoms with Crippen LogP contribution >= 0.6 is 0 Å². The van der Waals surface area contributed by atoms with Gasteiger partial charge in [-0.15, -0.1) is 13.2 Å². The van der Waals surface area contributed by atoms with E-state index in [0.29, 0.717) is 6.26 Å². The van der Waals surface area contributed by atoms with Crippen LogP contribution in [0.2, 0.25) is 0 Å². The molecule has 0 rings (SSSR count). The first-order chi connectivity index (χ1) is 4.06. The lowest BCUT2D eigenvalue weighted by atomic mass is 11.0. The lowest BCUT2D eigenvalue weighted by molar-refractivity contribution is -0.464. The molecule has 0 spiro atoms. The molecule has 0 unspecified atom stereocenters. The van der Waals surface area contributed by atoms with Crippen molar-refractivity contribution in [3.05, 3.63) is 18.6 Å². The van der Waals surface area contributed by atoms with Gasteiger partial charge in [-0.1, -0.05) is 17.2 Å². The molecule has 0 aromatic rings. The predicted octanol–water partition coefficient (Wildman–Crippen LogP) is 1.75. The number of alkyl halides is 3. The summed E-state index contributed by atoms with van der Waals surface area (Å²) >= 11 is 0. The Morgan fingerprint density at radius 1 is 1.44 bits per heavy atom. The van der Waals surface area contributed by atoms with Gasteiger partial charge in [0, 0.05) is 0 Å². The summed E-state index contributed by atoms with van der Waals surface area (Å²) in [7, 11) is 0. The van der Waals surface area contributed by atoms with Gasteiger partial charge in [0.15, 0.2) is 6.26 Å². The van der Waals surface area contributed by atoms with Crippen molar-refractivity contribution in [3.63, 3.8) is 0 Å². The Morgan fingerprint density at radius 2 is 2.00 bits per heavy atom. The molecule has 5 heteroatoms. The van der Waals surface area contributed by atoms with E-state index in [1.54, 1.807) is 0 Å². The lowest BCUT2D eigenvalue weighted by Crippen LogP contribution is -2.11. The van der Waals surface area contributed by atoms with Crippen molar-refractivity contribution in [2.24, 2.45) is 0 Å². The van der Waals surface area contributed by atoms with Gasteiger partial charge in [0.2, 0.25) is 0 Å². The van der Waals surface area contributed by atoms with E-state index in [9.17, 15) is 13.2 Å². The molecule has 0 saturated carbocycles. The molecule has 0 atom stereocenters. The van der Waals surface area contributed by atoms with E-state index in [2.05, 4.69) is 16.4 Å². The van der Waals surface area contributed by atoms with Crippen LogP contribution in [0.1, 0.15) is 0 Å². The van der Waals surface area contributed by atoms with Crippen molar-refractivity contribution in [1.82, 2.24) is 0 Å². The molecule has 52 valence electrons. The van der Waals surface area contributed by atoms with Crippen LogP contribution < -0.4 is 0 Å². The van der Waals surface area contributed by atoms with Gasteiger partial charge in [0.1, 0.15) is 0 Å². The largest absolute Gasteiger partial charge is 0.558 e. The molecule has 0 heterocycles. The maximum absolute atomic E-state index is 11.0. The van der Waals surface area contributed by atoms with Crippen LogP contribution in [0, 0.1) is 0 Å². The van der Waals surface area contributed by atoms with Crippen LogP contribution in [0.15, 0.2) is 18.6 Å². The monoisotopic (exact) mass is 140 g/mol. The molecule has 0 fully saturated rings. The molecule has 9 heavy (non-hydrogen) atoms. The Bertz CT molecular complexity index is 122. The van der Waals surface area contributed by atoms with E-state index in [0.717, 1.165) is 0 Å². The zero-order valence-corrected chi connectivity index (χ0v) is 4.23. The van der Waals surface area contributed by atoms with E-state index in [1.165, 1.54) is 0 Å². The lowest BCUT2D eigenvalue weighted by Gasteiger charge is -2.00. The van der Waals surface area contributed by atoms with E-state index in [4.69, 9.17) is 0 Å². The van der Waals surface area contributed by atoms with Gasteiger partial charge in [-0.3, -0.25) is 0 Å². The molecule has 0 saturated heterocycles. The van der Waals surface area contributed by atoms with Gasteiger partial charge in [-0.05, 0) is 0 Å². The molecule has 0 aromatic carbocycles. The fourth-order valence-electron chi connectivity index (χ4n) is 0.113. The Balaban J connectivity index is 3.39. The molecule has 0 aliphatic rings. The van der Waals surface area contributed by atoms with Crippen LogP contribution in [0.4, 0.5) is 13.2 Å². The molecule has 0 aromatic heterocycles. The Morgan fingerprint density at radius 3 is 2.33 bits per heavy atom. The first-order valence-electron chi connectivity index (χ1n) is 1.82. The average Bonchev–Trinajstić information content (AvgIpc) is 1.63. The van der Waals surface area contributed by atoms with E-state index >= 15 is 0 Å². The Hall–Kier alpha value is -0.930. The minimum atomic E-state index is -4.77. The van der Waals surface area contributed by atoms with Crippen molar-refractivity contribution < 1.29 is 22.9 Å². The van der Waals surface area contributed by atoms with Crippen LogP contribution in [0.25, 0.3) is 0 Å². The summed E-state index contributed by atoms with van der Waals surface area (Å²) in [5.74, 6) is 0. The SMILES string of the molecule is C=C=COOC(F)(F)F. The van der Waals surface area contributed by atoms with Crippen molar-refractivity contribution in [3.8, 4) is 0 Å². The van der Waals surface area contributed by atoms with Crippen molar-refractivity contribution in [2.75, 3.05) is 0 Å². The summed E-state index contributed by atoms with van der Waals surface area (Å²) in [6.45, 7) is 2.93. The highest BCUT2D eigenvalue weighted by atomic mass is 19.4. The molecule has 2 nitrogen and oxygen atoms in total. The maximum atomic E-state index is 11.0. The van der Waals surface area contributed by atoms with Gasteiger partial charge < -0.3 is 4.89 Å². The first kappa shape index (κ1) is 8.07. The zero-order valence-electron chi connectivity index (χ0n) is 4.23. The summed E-state index contributed by atoms with van der Waals surface area (Å²) < 4.78 is 32.9. The average molecular weight is 140 g/mol. The van der Waals surface area contributed by atoms with Gasteiger partial charge in [-0.2, -0.15) is 0 Å². The second-order valence-corrected chi connectivity index (χ2v) is 0.947. The molecule has 0 aliphatic heterocycles. The van der Waals surface area contributed by atoms with Crippen molar-refractivity contribution >= 4 is 0 Å². The first-order valence-corrected chi connectivity index (χ1v) is 1.82. The van der Waals surface area contributed by atoms with Gasteiger partial charge in [0.25, 0.3) is 0 Å². The minimum absolute atomic E-state index is 0.549. The Labute approximate surface area is 49.1 Å². The number of hydrogen-bond donors (Lipinski definition) is 0. The van der Waals surface area contributed by atoms with Gasteiger partial charge >= 0.3 is 6.36 Å². The zero-order chi connectivity index (χ0) is 7.33. The highest BCUT2D eigenvalue weighted by molar-refractivity contribution is 4.61. The third kappa shape index (κ3) is 7.07. The highest BCUT2D eigenvalue weighted by Gasteiger charge is 2.31. The number of rotatable bonds is 2. The van der Waals surface area contributed by atoms with Gasteiger partial charge in [-0.25, -0.2) is 0 Å². The van der Waals surface area contributed by atoms with E-state index < -0.39 is 6.36 Å². The summed E-state index contributed by atoms with van der Waals surface area (Å²) in [4.78, 5) is 6.24. The minimum Gasteiger partial charge on any atom is -0.329 e. The molecule has 0 N–H and O–H groups in total. The fourth-order valence-corrected chi connectivity index (χ4v) is 0.113.